The van der Waals surface area contributed by atoms with Crippen LogP contribution in [0.25, 0.3) is 0 Å². The van der Waals surface area contributed by atoms with E-state index in [1.807, 2.05) is 24.3 Å². The molecule has 3 aromatic rings. The predicted molar refractivity (Wildman–Crippen MR) is 142 cm³/mol. The fraction of sp³-hybridized carbons (Fsp3) is 0.259. The number of amides is 3. The molecule has 0 unspecified atom stereocenters. The topological polar surface area (TPSA) is 90.7 Å². The summed E-state index contributed by atoms with van der Waals surface area (Å²) in [7, 11) is 0. The fourth-order valence-electron chi connectivity index (χ4n) is 4.04. The molecule has 182 valence electrons. The van der Waals surface area contributed by atoms with Gasteiger partial charge in [-0.25, -0.2) is 4.79 Å². The third-order valence-corrected chi connectivity index (χ3v) is 6.32. The maximum atomic E-state index is 13.1. The Morgan fingerprint density at radius 2 is 1.60 bits per heavy atom. The summed E-state index contributed by atoms with van der Waals surface area (Å²) in [6.07, 6.45) is 2.41. The molecule has 1 saturated heterocycles. The van der Waals surface area contributed by atoms with Crippen LogP contribution < -0.4 is 16.4 Å². The van der Waals surface area contributed by atoms with Gasteiger partial charge in [0.15, 0.2) is 0 Å². The lowest BCUT2D eigenvalue weighted by atomic mass is 10.1. The van der Waals surface area contributed by atoms with Gasteiger partial charge in [-0.3, -0.25) is 4.79 Å². The van der Waals surface area contributed by atoms with Crippen LogP contribution in [-0.2, 0) is 6.54 Å². The number of anilines is 3. The van der Waals surface area contributed by atoms with E-state index in [1.165, 1.54) is 12.8 Å². The quantitative estimate of drug-likeness (QED) is 0.373. The lowest BCUT2D eigenvalue weighted by Gasteiger charge is -2.26. The molecule has 4 rings (SSSR count). The molecule has 1 fully saturated rings. The van der Waals surface area contributed by atoms with E-state index < -0.39 is 0 Å². The molecule has 0 saturated carbocycles. The van der Waals surface area contributed by atoms with Gasteiger partial charge in [0.1, 0.15) is 0 Å². The maximum Gasteiger partial charge on any atom is 0.322 e. The number of nitrogens with one attached hydrogen (secondary N) is 2. The summed E-state index contributed by atoms with van der Waals surface area (Å²) in [4.78, 5) is 29.9. The van der Waals surface area contributed by atoms with Crippen molar-refractivity contribution < 1.29 is 9.59 Å². The van der Waals surface area contributed by atoms with Gasteiger partial charge in [-0.2, -0.15) is 0 Å². The molecule has 0 spiro atoms. The number of hydrogen-bond donors (Lipinski definition) is 3. The third-order valence-electron chi connectivity index (χ3n) is 6.07. The Hall–Kier alpha value is -3.55. The third kappa shape index (κ3) is 6.97. The number of urea groups is 1. The van der Waals surface area contributed by atoms with Crippen molar-refractivity contribution >= 4 is 40.6 Å². The molecule has 8 heteroatoms. The number of nitrogen functional groups attached to an aromatic ring is 1. The summed E-state index contributed by atoms with van der Waals surface area (Å²) >= 11 is 5.97. The number of nitrogens with zero attached hydrogens (tertiary/aromatic N) is 2. The fourth-order valence-corrected chi connectivity index (χ4v) is 4.17. The van der Waals surface area contributed by atoms with Gasteiger partial charge < -0.3 is 26.2 Å². The zero-order chi connectivity index (χ0) is 24.6. The van der Waals surface area contributed by atoms with Gasteiger partial charge in [-0.05, 0) is 80.0 Å². The highest BCUT2D eigenvalue weighted by Gasteiger charge is 2.18. The molecule has 0 atom stereocenters. The zero-order valence-corrected chi connectivity index (χ0v) is 20.3. The molecule has 1 aliphatic heterocycles. The average Bonchev–Trinajstić information content (AvgIpc) is 3.38. The van der Waals surface area contributed by atoms with Crippen LogP contribution in [0.4, 0.5) is 21.9 Å². The smallest absolute Gasteiger partial charge is 0.322 e. The first-order chi connectivity index (χ1) is 17.0. The van der Waals surface area contributed by atoms with Crippen LogP contribution in [0.1, 0.15) is 28.8 Å². The summed E-state index contributed by atoms with van der Waals surface area (Å²) in [5.74, 6) is -0.235. The lowest BCUT2D eigenvalue weighted by molar-refractivity contribution is 0.102. The van der Waals surface area contributed by atoms with Crippen molar-refractivity contribution in [1.82, 2.24) is 9.80 Å². The second-order valence-corrected chi connectivity index (χ2v) is 9.08. The van der Waals surface area contributed by atoms with Crippen molar-refractivity contribution in [1.29, 1.82) is 0 Å². The number of nitrogens with two attached hydrogens (primary N) is 1. The summed E-state index contributed by atoms with van der Waals surface area (Å²) < 4.78 is 0. The Morgan fingerprint density at radius 3 is 2.29 bits per heavy atom. The van der Waals surface area contributed by atoms with Crippen molar-refractivity contribution in [3.63, 3.8) is 0 Å². The van der Waals surface area contributed by atoms with Gasteiger partial charge >= 0.3 is 6.03 Å². The van der Waals surface area contributed by atoms with E-state index in [0.717, 1.165) is 25.2 Å². The average molecular weight is 492 g/mol. The number of likely N-dealkylation sites (tertiary alicyclic amines) is 1. The van der Waals surface area contributed by atoms with Gasteiger partial charge in [0.25, 0.3) is 5.91 Å². The molecule has 4 N–H and O–H groups in total. The summed E-state index contributed by atoms with van der Waals surface area (Å²) in [6, 6.07) is 21.3. The van der Waals surface area contributed by atoms with Crippen molar-refractivity contribution in [2.24, 2.45) is 0 Å². The molecule has 0 aliphatic carbocycles. The number of para-hydroxylation sites is 2. The summed E-state index contributed by atoms with van der Waals surface area (Å²) in [5.41, 5.74) is 9.16. The molecule has 1 aliphatic rings. The molecule has 3 amide bonds. The Labute approximate surface area is 210 Å². The first-order valence-corrected chi connectivity index (χ1v) is 12.1. The van der Waals surface area contributed by atoms with Crippen LogP contribution in [0.2, 0.25) is 5.02 Å². The van der Waals surface area contributed by atoms with Crippen LogP contribution in [0.5, 0.6) is 0 Å². The number of benzene rings is 3. The standard InChI is InChI=1S/C27H30ClN5O2/c28-22-11-13-23(14-12-22)30-27(35)33(18-17-32-15-3-4-16-32)19-20-7-9-21(10-8-20)26(34)31-25-6-2-1-5-24(25)29/h1-2,5-14H,3-4,15-19,29H2,(H,30,35)(H,31,34). The van der Waals surface area contributed by atoms with Crippen molar-refractivity contribution in [3.8, 4) is 0 Å². The highest BCUT2D eigenvalue weighted by atomic mass is 35.5. The molecule has 3 aromatic carbocycles. The zero-order valence-electron chi connectivity index (χ0n) is 19.5. The minimum absolute atomic E-state index is 0.173. The van der Waals surface area contributed by atoms with E-state index in [9.17, 15) is 9.59 Å². The molecule has 7 nitrogen and oxygen atoms in total. The van der Waals surface area contributed by atoms with Gasteiger partial charge in [0.05, 0.1) is 11.4 Å². The second-order valence-electron chi connectivity index (χ2n) is 8.65. The highest BCUT2D eigenvalue weighted by molar-refractivity contribution is 6.30. The van der Waals surface area contributed by atoms with Gasteiger partial charge in [-0.1, -0.05) is 35.9 Å². The minimum Gasteiger partial charge on any atom is -0.397 e. The number of hydrogen-bond acceptors (Lipinski definition) is 4. The molecule has 0 bridgehead atoms. The van der Waals surface area contributed by atoms with Gasteiger partial charge in [0, 0.05) is 35.9 Å². The summed E-state index contributed by atoms with van der Waals surface area (Å²) in [6.45, 7) is 4.01. The Bertz CT molecular complexity index is 1140. The molecule has 0 radical (unpaired) electrons. The van der Waals surface area contributed by atoms with Crippen LogP contribution in [-0.4, -0.2) is 47.9 Å². The highest BCUT2D eigenvalue weighted by Crippen LogP contribution is 2.19. The number of carbonyl (C=O) groups is 2. The lowest BCUT2D eigenvalue weighted by Crippen LogP contribution is -2.40. The van der Waals surface area contributed by atoms with E-state index >= 15 is 0 Å². The van der Waals surface area contributed by atoms with Gasteiger partial charge in [-0.15, -0.1) is 0 Å². The van der Waals surface area contributed by atoms with Crippen LogP contribution in [0.3, 0.4) is 0 Å². The van der Waals surface area contributed by atoms with E-state index in [-0.39, 0.29) is 11.9 Å². The first-order valence-electron chi connectivity index (χ1n) is 11.8. The maximum absolute atomic E-state index is 13.1. The number of carbonyl (C=O) groups excluding carboxylic acids is 2. The SMILES string of the molecule is Nc1ccccc1NC(=O)c1ccc(CN(CCN2CCCC2)C(=O)Nc2ccc(Cl)cc2)cc1. The van der Waals surface area contributed by atoms with Gasteiger partial charge in [0.2, 0.25) is 0 Å². The van der Waals surface area contributed by atoms with E-state index in [2.05, 4.69) is 15.5 Å². The van der Waals surface area contributed by atoms with E-state index in [1.54, 1.807) is 53.4 Å². The number of halogens is 1. The molecule has 0 aromatic heterocycles. The Balaban J connectivity index is 1.42. The number of rotatable bonds is 8. The van der Waals surface area contributed by atoms with Crippen LogP contribution in [0.15, 0.2) is 72.8 Å². The van der Waals surface area contributed by atoms with Crippen LogP contribution in [0, 0.1) is 0 Å². The summed E-state index contributed by atoms with van der Waals surface area (Å²) in [5, 5.41) is 6.41. The second kappa shape index (κ2) is 11.7. The Morgan fingerprint density at radius 1 is 0.914 bits per heavy atom. The normalized spacial score (nSPS) is 13.4. The minimum atomic E-state index is -0.235. The van der Waals surface area contributed by atoms with E-state index in [4.69, 9.17) is 17.3 Å². The van der Waals surface area contributed by atoms with Crippen molar-refractivity contribution in [3.05, 3.63) is 88.9 Å². The van der Waals surface area contributed by atoms with Crippen molar-refractivity contribution in [2.75, 3.05) is 42.5 Å². The van der Waals surface area contributed by atoms with Crippen LogP contribution >= 0.6 is 11.6 Å². The van der Waals surface area contributed by atoms with Crippen molar-refractivity contribution in [2.45, 2.75) is 19.4 Å². The molecular weight excluding hydrogens is 462 g/mol. The predicted octanol–water partition coefficient (Wildman–Crippen LogP) is 5.30. The molecular formula is C27H30ClN5O2. The largest absolute Gasteiger partial charge is 0.397 e. The Kier molecular flexibility index (Phi) is 8.23. The molecule has 1 heterocycles. The monoisotopic (exact) mass is 491 g/mol. The first kappa shape index (κ1) is 24.6. The van der Waals surface area contributed by atoms with E-state index in [0.29, 0.717) is 40.7 Å². The molecule has 35 heavy (non-hydrogen) atoms.